The van der Waals surface area contributed by atoms with Gasteiger partial charge in [0, 0.05) is 0 Å². The van der Waals surface area contributed by atoms with Crippen molar-refractivity contribution in [1.29, 1.82) is 0 Å². The number of aliphatic hydroxyl groups is 1. The van der Waals surface area contributed by atoms with Crippen molar-refractivity contribution in [1.82, 2.24) is 5.32 Å². The highest BCUT2D eigenvalue weighted by molar-refractivity contribution is 7.07. The van der Waals surface area contributed by atoms with Gasteiger partial charge in [-0.05, 0) is 28.8 Å². The van der Waals surface area contributed by atoms with Gasteiger partial charge in [-0.25, -0.2) is 0 Å². The first-order chi connectivity index (χ1) is 6.76. The quantitative estimate of drug-likeness (QED) is 0.771. The summed E-state index contributed by atoms with van der Waals surface area (Å²) in [4.78, 5) is 11.4. The van der Waals surface area contributed by atoms with Crippen LogP contribution in [0.1, 0.15) is 18.9 Å². The smallest absolute Gasteiger partial charge is 0.224 e. The maximum absolute atomic E-state index is 11.4. The van der Waals surface area contributed by atoms with Crippen LogP contribution < -0.4 is 5.32 Å². The van der Waals surface area contributed by atoms with Crippen molar-refractivity contribution in [2.45, 2.75) is 25.8 Å². The summed E-state index contributed by atoms with van der Waals surface area (Å²) in [5, 5.41) is 15.6. The molecule has 2 N–H and O–H groups in total. The van der Waals surface area contributed by atoms with Gasteiger partial charge in [-0.2, -0.15) is 11.3 Å². The van der Waals surface area contributed by atoms with E-state index in [0.29, 0.717) is 6.42 Å². The molecule has 0 aliphatic heterocycles. The largest absolute Gasteiger partial charge is 0.394 e. The summed E-state index contributed by atoms with van der Waals surface area (Å²) in [5.41, 5.74) is 1.03. The van der Waals surface area contributed by atoms with E-state index in [0.717, 1.165) is 12.0 Å². The summed E-state index contributed by atoms with van der Waals surface area (Å²) in [5.74, 6) is -0.0238. The molecule has 0 aromatic carbocycles. The maximum Gasteiger partial charge on any atom is 0.224 e. The minimum absolute atomic E-state index is 0.00583. The van der Waals surface area contributed by atoms with Gasteiger partial charge in [0.2, 0.25) is 5.91 Å². The average Bonchev–Trinajstić information content (AvgIpc) is 2.66. The molecule has 0 spiro atoms. The first kappa shape index (κ1) is 11.2. The number of thiophene rings is 1. The van der Waals surface area contributed by atoms with Crippen LogP contribution in [0, 0.1) is 0 Å². The summed E-state index contributed by atoms with van der Waals surface area (Å²) in [6.45, 7) is 1.94. The molecule has 0 aliphatic carbocycles. The molecule has 0 radical (unpaired) electrons. The molecule has 1 atom stereocenters. The molecule has 4 heteroatoms. The van der Waals surface area contributed by atoms with Crippen LogP contribution in [-0.4, -0.2) is 23.7 Å². The lowest BCUT2D eigenvalue weighted by atomic mass is 10.2. The summed E-state index contributed by atoms with van der Waals surface area (Å²) in [6.07, 6.45) is 1.16. The van der Waals surface area contributed by atoms with Crippen LogP contribution >= 0.6 is 11.3 Å². The summed E-state index contributed by atoms with van der Waals surface area (Å²) < 4.78 is 0. The van der Waals surface area contributed by atoms with Gasteiger partial charge in [0.05, 0.1) is 19.1 Å². The normalized spacial score (nSPS) is 12.4. The predicted octanol–water partition coefficient (Wildman–Crippen LogP) is 1.18. The van der Waals surface area contributed by atoms with Crippen molar-refractivity contribution in [3.8, 4) is 0 Å². The topological polar surface area (TPSA) is 49.3 Å². The Morgan fingerprint density at radius 2 is 2.50 bits per heavy atom. The van der Waals surface area contributed by atoms with Crippen LogP contribution in [0.15, 0.2) is 16.8 Å². The van der Waals surface area contributed by atoms with Crippen LogP contribution in [-0.2, 0) is 11.2 Å². The summed E-state index contributed by atoms with van der Waals surface area (Å²) in [6, 6.07) is 1.82. The molecular weight excluding hydrogens is 198 g/mol. The predicted molar refractivity (Wildman–Crippen MR) is 57.3 cm³/mol. The van der Waals surface area contributed by atoms with E-state index in [1.54, 1.807) is 11.3 Å². The highest BCUT2D eigenvalue weighted by Gasteiger charge is 2.09. The lowest BCUT2D eigenvalue weighted by Gasteiger charge is -2.13. The van der Waals surface area contributed by atoms with Crippen LogP contribution in [0.25, 0.3) is 0 Å². The second kappa shape index (κ2) is 5.78. The molecule has 0 fully saturated rings. The Hall–Kier alpha value is -0.870. The molecule has 3 nitrogen and oxygen atoms in total. The average molecular weight is 213 g/mol. The molecule has 0 saturated carbocycles. The number of aliphatic hydroxyl groups excluding tert-OH is 1. The number of carbonyl (C=O) groups excluding carboxylic acids is 1. The Morgan fingerprint density at radius 1 is 1.71 bits per heavy atom. The zero-order valence-electron chi connectivity index (χ0n) is 8.19. The fourth-order valence-corrected chi connectivity index (χ4v) is 1.80. The molecule has 0 saturated heterocycles. The first-order valence-electron chi connectivity index (χ1n) is 4.67. The van der Waals surface area contributed by atoms with Gasteiger partial charge in [-0.15, -0.1) is 0 Å². The molecule has 1 rings (SSSR count). The molecule has 1 heterocycles. The second-order valence-corrected chi connectivity index (χ2v) is 3.94. The maximum atomic E-state index is 11.4. The molecule has 0 unspecified atom stereocenters. The van der Waals surface area contributed by atoms with Gasteiger partial charge in [0.1, 0.15) is 0 Å². The monoisotopic (exact) mass is 213 g/mol. The van der Waals surface area contributed by atoms with E-state index in [9.17, 15) is 4.79 Å². The van der Waals surface area contributed by atoms with E-state index in [1.165, 1.54) is 0 Å². The third-order valence-corrected chi connectivity index (χ3v) is 2.76. The first-order valence-corrected chi connectivity index (χ1v) is 5.61. The molecule has 0 bridgehead atoms. The van der Waals surface area contributed by atoms with Crippen LogP contribution in [0.4, 0.5) is 0 Å². The van der Waals surface area contributed by atoms with Gasteiger partial charge in [0.15, 0.2) is 0 Å². The molecule has 1 aromatic rings. The summed E-state index contributed by atoms with van der Waals surface area (Å²) in [7, 11) is 0. The zero-order chi connectivity index (χ0) is 10.4. The van der Waals surface area contributed by atoms with Crippen molar-refractivity contribution in [2.75, 3.05) is 6.61 Å². The third kappa shape index (κ3) is 3.47. The number of hydrogen-bond donors (Lipinski definition) is 2. The third-order valence-electron chi connectivity index (χ3n) is 2.02. The Balaban J connectivity index is 2.35. The molecular formula is C10H15NO2S. The highest BCUT2D eigenvalue weighted by Crippen LogP contribution is 2.06. The number of nitrogens with one attached hydrogen (secondary N) is 1. The van der Waals surface area contributed by atoms with Gasteiger partial charge in [0.25, 0.3) is 0 Å². The lowest BCUT2D eigenvalue weighted by molar-refractivity contribution is -0.121. The highest BCUT2D eigenvalue weighted by atomic mass is 32.1. The minimum Gasteiger partial charge on any atom is -0.394 e. The Bertz CT molecular complexity index is 268. The van der Waals surface area contributed by atoms with Crippen molar-refractivity contribution < 1.29 is 9.90 Å². The zero-order valence-corrected chi connectivity index (χ0v) is 9.01. The van der Waals surface area contributed by atoms with Crippen molar-refractivity contribution >= 4 is 17.2 Å². The van der Waals surface area contributed by atoms with Crippen molar-refractivity contribution in [3.05, 3.63) is 22.4 Å². The van der Waals surface area contributed by atoms with E-state index >= 15 is 0 Å². The molecule has 78 valence electrons. The number of amides is 1. The lowest BCUT2D eigenvalue weighted by Crippen LogP contribution is -2.37. The van der Waals surface area contributed by atoms with Crippen LogP contribution in [0.3, 0.4) is 0 Å². The van der Waals surface area contributed by atoms with Gasteiger partial charge < -0.3 is 10.4 Å². The van der Waals surface area contributed by atoms with E-state index in [4.69, 9.17) is 5.11 Å². The Morgan fingerprint density at radius 3 is 3.00 bits per heavy atom. The van der Waals surface area contributed by atoms with E-state index in [-0.39, 0.29) is 18.6 Å². The fraction of sp³-hybridized carbons (Fsp3) is 0.500. The number of rotatable bonds is 5. The second-order valence-electron chi connectivity index (χ2n) is 3.16. The standard InChI is InChI=1S/C10H15NO2S/c1-2-9(6-12)11-10(13)5-8-3-4-14-7-8/h3-4,7,9,12H,2,5-6H2,1H3,(H,11,13)/t9-/m0/s1. The van der Waals surface area contributed by atoms with E-state index in [1.807, 2.05) is 23.8 Å². The number of carbonyl (C=O) groups is 1. The van der Waals surface area contributed by atoms with E-state index < -0.39 is 0 Å². The summed E-state index contributed by atoms with van der Waals surface area (Å²) >= 11 is 1.58. The fourth-order valence-electron chi connectivity index (χ4n) is 1.13. The van der Waals surface area contributed by atoms with Gasteiger partial charge >= 0.3 is 0 Å². The van der Waals surface area contributed by atoms with Crippen LogP contribution in [0.2, 0.25) is 0 Å². The molecule has 14 heavy (non-hydrogen) atoms. The van der Waals surface area contributed by atoms with Crippen molar-refractivity contribution in [2.24, 2.45) is 0 Å². The van der Waals surface area contributed by atoms with Gasteiger partial charge in [-0.3, -0.25) is 4.79 Å². The number of hydrogen-bond acceptors (Lipinski definition) is 3. The minimum atomic E-state index is -0.110. The van der Waals surface area contributed by atoms with Crippen molar-refractivity contribution in [3.63, 3.8) is 0 Å². The molecule has 0 aliphatic rings. The molecule has 1 aromatic heterocycles. The van der Waals surface area contributed by atoms with Crippen LogP contribution in [0.5, 0.6) is 0 Å². The Kier molecular flexibility index (Phi) is 4.62. The van der Waals surface area contributed by atoms with E-state index in [2.05, 4.69) is 5.32 Å². The molecule has 1 amide bonds. The van der Waals surface area contributed by atoms with Gasteiger partial charge in [-0.1, -0.05) is 6.92 Å². The Labute approximate surface area is 87.8 Å². The SMILES string of the molecule is CC[C@@H](CO)NC(=O)Cc1ccsc1.